The fourth-order valence-corrected chi connectivity index (χ4v) is 4.98. The third-order valence-corrected chi connectivity index (χ3v) is 7.20. The molecule has 39 heavy (non-hydrogen) atoms. The van der Waals surface area contributed by atoms with E-state index in [1.807, 2.05) is 24.3 Å². The number of rotatable bonds is 5. The minimum absolute atomic E-state index is 0.192. The van der Waals surface area contributed by atoms with Crippen LogP contribution < -0.4 is 30.8 Å². The number of nitrogens with zero attached hydrogens (tertiary/aromatic N) is 8. The molecular formula is C26H32N10O3. The van der Waals surface area contributed by atoms with Crippen LogP contribution in [0.1, 0.15) is 5.56 Å². The molecule has 0 unspecified atom stereocenters. The van der Waals surface area contributed by atoms with Crippen LogP contribution in [-0.2, 0) is 16.0 Å². The van der Waals surface area contributed by atoms with Crippen molar-refractivity contribution in [2.24, 2.45) is 0 Å². The third kappa shape index (κ3) is 5.22. The maximum Gasteiger partial charge on any atom is 0.438 e. The minimum atomic E-state index is -0.498. The highest BCUT2D eigenvalue weighted by Crippen LogP contribution is 2.36. The molecule has 13 nitrogen and oxygen atoms in total. The van der Waals surface area contributed by atoms with Gasteiger partial charge < -0.3 is 30.4 Å². The van der Waals surface area contributed by atoms with E-state index in [1.54, 1.807) is 24.5 Å². The number of ether oxygens (including phenoxy) is 1. The first-order valence-corrected chi connectivity index (χ1v) is 13.2. The lowest BCUT2D eigenvalue weighted by molar-refractivity contribution is 0.122. The van der Waals surface area contributed by atoms with Gasteiger partial charge in [-0.2, -0.15) is 10.0 Å². The molecule has 0 atom stereocenters. The van der Waals surface area contributed by atoms with E-state index in [4.69, 9.17) is 25.3 Å². The zero-order valence-electron chi connectivity index (χ0n) is 21.9. The van der Waals surface area contributed by atoms with Crippen LogP contribution in [0.15, 0.2) is 36.7 Å². The molecule has 0 saturated carbocycles. The first kappa shape index (κ1) is 25.1. The lowest BCUT2D eigenvalue weighted by atomic mass is 10.1. The number of hydrogen-bond acceptors (Lipinski definition) is 12. The molecule has 3 aromatic rings. The summed E-state index contributed by atoms with van der Waals surface area (Å²) in [5, 5.41) is 4.92. The Morgan fingerprint density at radius 1 is 1.00 bits per heavy atom. The molecule has 3 aliphatic heterocycles. The van der Waals surface area contributed by atoms with E-state index >= 15 is 0 Å². The highest BCUT2D eigenvalue weighted by Gasteiger charge is 2.32. The van der Waals surface area contributed by atoms with Crippen molar-refractivity contribution in [2.45, 2.75) is 6.42 Å². The molecule has 2 fully saturated rings. The summed E-state index contributed by atoms with van der Waals surface area (Å²) in [5.74, 6) is 1.30. The zero-order chi connectivity index (χ0) is 26.8. The number of aromatic nitrogens is 4. The highest BCUT2D eigenvalue weighted by molar-refractivity contribution is 5.88. The van der Waals surface area contributed by atoms with Crippen molar-refractivity contribution in [3.63, 3.8) is 0 Å². The largest absolute Gasteiger partial charge is 0.438 e. The van der Waals surface area contributed by atoms with E-state index in [0.29, 0.717) is 56.7 Å². The number of carbonyl (C=O) groups excluding carboxylic acids is 1. The Balaban J connectivity index is 1.23. The lowest BCUT2D eigenvalue weighted by Crippen LogP contribution is -2.43. The van der Waals surface area contributed by atoms with E-state index in [2.05, 4.69) is 25.1 Å². The number of fused-ring (bicyclic) bond motifs is 1. The van der Waals surface area contributed by atoms with E-state index in [1.165, 1.54) is 4.90 Å². The summed E-state index contributed by atoms with van der Waals surface area (Å²) in [7, 11) is 1.70. The molecule has 2 aromatic heterocycles. The molecule has 6 rings (SSSR count). The van der Waals surface area contributed by atoms with Gasteiger partial charge in [0.1, 0.15) is 0 Å². The number of carbonyl (C=O) groups is 1. The molecule has 3 N–H and O–H groups in total. The predicted molar refractivity (Wildman–Crippen MR) is 148 cm³/mol. The first-order valence-electron chi connectivity index (χ1n) is 13.2. The number of nitrogens with two attached hydrogens (primary N) is 1. The van der Waals surface area contributed by atoms with Crippen LogP contribution in [0, 0.1) is 0 Å². The van der Waals surface area contributed by atoms with Crippen LogP contribution in [0.5, 0.6) is 0 Å². The van der Waals surface area contributed by atoms with Crippen LogP contribution >= 0.6 is 0 Å². The molecule has 0 radical (unpaired) electrons. The Labute approximate surface area is 226 Å². The van der Waals surface area contributed by atoms with Crippen LogP contribution in [0.3, 0.4) is 0 Å². The number of morpholine rings is 1. The predicted octanol–water partition coefficient (Wildman–Crippen LogP) is 1.31. The topological polar surface area (TPSA) is 138 Å². The van der Waals surface area contributed by atoms with Gasteiger partial charge >= 0.3 is 6.09 Å². The summed E-state index contributed by atoms with van der Waals surface area (Å²) in [6, 6.07) is 7.96. The first-order chi connectivity index (χ1) is 19.1. The molecule has 3 aliphatic rings. The number of amides is 1. The molecular weight excluding hydrogens is 500 g/mol. The van der Waals surface area contributed by atoms with Crippen LogP contribution in [0.2, 0.25) is 0 Å². The maximum absolute atomic E-state index is 13.2. The van der Waals surface area contributed by atoms with Crippen LogP contribution in [-0.4, -0.2) is 92.1 Å². The van der Waals surface area contributed by atoms with Gasteiger partial charge in [-0.05, 0) is 30.7 Å². The number of benzene rings is 1. The van der Waals surface area contributed by atoms with Gasteiger partial charge in [-0.1, -0.05) is 0 Å². The second-order valence-electron chi connectivity index (χ2n) is 9.63. The van der Waals surface area contributed by atoms with Gasteiger partial charge in [0.05, 0.1) is 25.5 Å². The Morgan fingerprint density at radius 2 is 1.72 bits per heavy atom. The van der Waals surface area contributed by atoms with Gasteiger partial charge in [0.25, 0.3) is 0 Å². The molecule has 0 aliphatic carbocycles. The molecule has 5 heterocycles. The van der Waals surface area contributed by atoms with Crippen molar-refractivity contribution in [2.75, 3.05) is 91.6 Å². The van der Waals surface area contributed by atoms with E-state index in [9.17, 15) is 4.79 Å². The quantitative estimate of drug-likeness (QED) is 0.490. The van der Waals surface area contributed by atoms with Crippen LogP contribution in [0.4, 0.5) is 33.9 Å². The number of nitrogens with one attached hydrogen (secondary N) is 1. The summed E-state index contributed by atoms with van der Waals surface area (Å²) >= 11 is 0. The molecule has 1 aromatic carbocycles. The molecule has 204 valence electrons. The molecule has 13 heteroatoms. The average Bonchev–Trinajstić information content (AvgIpc) is 3.40. The standard InChI is InChI=1S/C26H32N10O3/c1-33(19-2-4-20(5-3-19)34-10-7-28-8-11-34)26(37)39-36-9-6-21-22(18-16-29-24(27)30-17-18)31-25(32-23(21)36)35-12-14-38-15-13-35/h2-5,16-17,28H,6-15H2,1H3,(H2,27,29,30). The Hall–Kier alpha value is -4.23. The third-order valence-electron chi connectivity index (χ3n) is 7.20. The lowest BCUT2D eigenvalue weighted by Gasteiger charge is -2.30. The molecule has 1 amide bonds. The van der Waals surface area contributed by atoms with Gasteiger partial charge in [-0.15, -0.1) is 0 Å². The normalized spacial score (nSPS) is 17.2. The maximum atomic E-state index is 13.2. The SMILES string of the molecule is CN(C(=O)ON1CCc2c(-c3cnc(N)nc3)nc(N3CCOCC3)nc21)c1ccc(N2CCNCC2)cc1. The Bertz CT molecular complexity index is 1310. The van der Waals surface area contributed by atoms with E-state index < -0.39 is 6.09 Å². The van der Waals surface area contributed by atoms with Gasteiger partial charge in [0.15, 0.2) is 5.82 Å². The summed E-state index contributed by atoms with van der Waals surface area (Å²) in [6.07, 6.45) is 3.41. The second-order valence-corrected chi connectivity index (χ2v) is 9.63. The Morgan fingerprint density at radius 3 is 2.44 bits per heavy atom. The van der Waals surface area contributed by atoms with Gasteiger partial charge in [-0.3, -0.25) is 4.90 Å². The van der Waals surface area contributed by atoms with Crippen molar-refractivity contribution in [1.29, 1.82) is 0 Å². The number of hydroxylamine groups is 1. The summed E-state index contributed by atoms with van der Waals surface area (Å²) < 4.78 is 5.50. The average molecular weight is 533 g/mol. The van der Waals surface area contributed by atoms with Crippen molar-refractivity contribution in [1.82, 2.24) is 25.3 Å². The highest BCUT2D eigenvalue weighted by atomic mass is 16.7. The van der Waals surface area contributed by atoms with Gasteiger partial charge in [-0.25, -0.2) is 19.7 Å². The van der Waals surface area contributed by atoms with Crippen molar-refractivity contribution in [3.8, 4) is 11.3 Å². The van der Waals surface area contributed by atoms with E-state index in [0.717, 1.165) is 48.7 Å². The van der Waals surface area contributed by atoms with Crippen molar-refractivity contribution in [3.05, 3.63) is 42.2 Å². The smallest absolute Gasteiger partial charge is 0.378 e. The number of nitrogen functional groups attached to an aromatic ring is 1. The van der Waals surface area contributed by atoms with E-state index in [-0.39, 0.29) is 5.95 Å². The van der Waals surface area contributed by atoms with Crippen molar-refractivity contribution < 1.29 is 14.4 Å². The number of anilines is 5. The number of piperazine rings is 1. The van der Waals surface area contributed by atoms with Gasteiger partial charge in [0, 0.05) is 81.2 Å². The summed E-state index contributed by atoms with van der Waals surface area (Å²) in [4.78, 5) is 43.0. The second kappa shape index (κ2) is 10.9. The summed E-state index contributed by atoms with van der Waals surface area (Å²) in [6.45, 7) is 6.85. The fourth-order valence-electron chi connectivity index (χ4n) is 4.98. The fraction of sp³-hybridized carbons (Fsp3) is 0.423. The molecule has 0 bridgehead atoms. The monoisotopic (exact) mass is 532 g/mol. The summed E-state index contributed by atoms with van der Waals surface area (Å²) in [5.41, 5.74) is 9.90. The number of hydrogen-bond donors (Lipinski definition) is 2. The minimum Gasteiger partial charge on any atom is -0.378 e. The zero-order valence-corrected chi connectivity index (χ0v) is 21.9. The van der Waals surface area contributed by atoms with Crippen LogP contribution in [0.25, 0.3) is 11.3 Å². The Kier molecular flexibility index (Phi) is 6.99. The van der Waals surface area contributed by atoms with Gasteiger partial charge in [0.2, 0.25) is 11.9 Å². The molecule has 2 saturated heterocycles. The molecule has 0 spiro atoms. The van der Waals surface area contributed by atoms with Crippen molar-refractivity contribution >= 4 is 35.2 Å².